The van der Waals surface area contributed by atoms with Crippen molar-refractivity contribution in [1.82, 2.24) is 5.43 Å². The lowest BCUT2D eigenvalue weighted by atomic mass is 10.1. The van der Waals surface area contributed by atoms with Gasteiger partial charge in [0.15, 0.2) is 0 Å². The number of halogens is 1. The van der Waals surface area contributed by atoms with Gasteiger partial charge in [0.2, 0.25) is 5.91 Å². The summed E-state index contributed by atoms with van der Waals surface area (Å²) in [5, 5.41) is 3.93. The van der Waals surface area contributed by atoms with Crippen LogP contribution in [0.4, 0.5) is 0 Å². The number of amides is 1. The number of hydrogen-bond donors (Lipinski definition) is 1. The predicted octanol–water partition coefficient (Wildman–Crippen LogP) is 4.40. The van der Waals surface area contributed by atoms with Gasteiger partial charge in [0.1, 0.15) is 11.5 Å². The van der Waals surface area contributed by atoms with Crippen LogP contribution in [0.25, 0.3) is 11.3 Å². The minimum Gasteiger partial charge on any atom is -0.455 e. The van der Waals surface area contributed by atoms with Crippen LogP contribution < -0.4 is 5.43 Å². The average molecular weight is 383 g/mol. The van der Waals surface area contributed by atoms with Crippen molar-refractivity contribution in [2.45, 2.75) is 6.42 Å². The molecule has 0 aliphatic rings. The van der Waals surface area contributed by atoms with Gasteiger partial charge in [0.25, 0.3) is 0 Å². The lowest BCUT2D eigenvalue weighted by Crippen LogP contribution is -2.19. The van der Waals surface area contributed by atoms with Crippen molar-refractivity contribution in [3.8, 4) is 11.3 Å². The molecule has 0 spiro atoms. The first-order chi connectivity index (χ1) is 11.7. The van der Waals surface area contributed by atoms with Gasteiger partial charge in [-0.15, -0.1) is 0 Å². The number of rotatable bonds is 5. The van der Waals surface area contributed by atoms with Gasteiger partial charge in [0, 0.05) is 10.0 Å². The molecule has 0 saturated carbocycles. The van der Waals surface area contributed by atoms with Gasteiger partial charge in [-0.05, 0) is 29.8 Å². The van der Waals surface area contributed by atoms with Gasteiger partial charge >= 0.3 is 0 Å². The summed E-state index contributed by atoms with van der Waals surface area (Å²) in [5.74, 6) is 1.16. The van der Waals surface area contributed by atoms with Crippen LogP contribution in [0.5, 0.6) is 0 Å². The van der Waals surface area contributed by atoms with Crippen LogP contribution in [-0.4, -0.2) is 12.1 Å². The molecule has 1 heterocycles. The number of furan rings is 1. The molecule has 0 saturated heterocycles. The molecular formula is C19H15BrN2O2. The standard InChI is InChI=1S/C19H15BrN2O2/c20-16-8-6-15(7-9-16)18-11-10-17(24-18)13-21-22-19(23)12-14-4-2-1-3-5-14/h1-11,13H,12H2,(H,22,23)/b21-13+. The average Bonchev–Trinajstić information content (AvgIpc) is 3.05. The van der Waals surface area contributed by atoms with E-state index in [2.05, 4.69) is 26.5 Å². The minimum absolute atomic E-state index is 0.169. The van der Waals surface area contributed by atoms with E-state index in [0.717, 1.165) is 21.4 Å². The molecule has 0 radical (unpaired) electrons. The van der Waals surface area contributed by atoms with Gasteiger partial charge < -0.3 is 4.42 Å². The molecule has 0 unspecified atom stereocenters. The molecule has 0 atom stereocenters. The largest absolute Gasteiger partial charge is 0.455 e. The molecule has 0 aliphatic carbocycles. The number of hydrogen-bond acceptors (Lipinski definition) is 3. The first kappa shape index (κ1) is 16.2. The zero-order valence-electron chi connectivity index (χ0n) is 12.8. The Bertz CT molecular complexity index is 839. The Labute approximate surface area is 148 Å². The summed E-state index contributed by atoms with van der Waals surface area (Å²) < 4.78 is 6.71. The van der Waals surface area contributed by atoms with E-state index in [1.54, 1.807) is 0 Å². The highest BCUT2D eigenvalue weighted by molar-refractivity contribution is 9.10. The highest BCUT2D eigenvalue weighted by Gasteiger charge is 2.04. The SMILES string of the molecule is O=C(Cc1ccccc1)N/N=C/c1ccc(-c2ccc(Br)cc2)o1. The van der Waals surface area contributed by atoms with E-state index in [9.17, 15) is 4.79 Å². The Balaban J connectivity index is 1.57. The van der Waals surface area contributed by atoms with Crippen molar-refractivity contribution in [1.29, 1.82) is 0 Å². The molecule has 0 fully saturated rings. The van der Waals surface area contributed by atoms with Gasteiger partial charge in [-0.1, -0.05) is 58.4 Å². The van der Waals surface area contributed by atoms with Crippen LogP contribution in [0, 0.1) is 0 Å². The summed E-state index contributed by atoms with van der Waals surface area (Å²) in [5.41, 5.74) is 4.42. The quantitative estimate of drug-likeness (QED) is 0.525. The van der Waals surface area contributed by atoms with Crippen LogP contribution in [0.15, 0.2) is 80.7 Å². The minimum atomic E-state index is -0.169. The van der Waals surface area contributed by atoms with E-state index < -0.39 is 0 Å². The van der Waals surface area contributed by atoms with Gasteiger partial charge in [-0.3, -0.25) is 4.79 Å². The second-order valence-electron chi connectivity index (χ2n) is 5.16. The first-order valence-electron chi connectivity index (χ1n) is 7.42. The van der Waals surface area contributed by atoms with E-state index >= 15 is 0 Å². The van der Waals surface area contributed by atoms with Crippen molar-refractivity contribution < 1.29 is 9.21 Å². The fourth-order valence-electron chi connectivity index (χ4n) is 2.18. The van der Waals surface area contributed by atoms with Crippen LogP contribution in [0.3, 0.4) is 0 Å². The second-order valence-corrected chi connectivity index (χ2v) is 6.08. The topological polar surface area (TPSA) is 54.6 Å². The maximum absolute atomic E-state index is 11.8. The lowest BCUT2D eigenvalue weighted by molar-refractivity contribution is -0.120. The summed E-state index contributed by atoms with van der Waals surface area (Å²) in [7, 11) is 0. The molecule has 3 aromatic rings. The lowest BCUT2D eigenvalue weighted by Gasteiger charge is -1.99. The normalized spacial score (nSPS) is 10.9. The van der Waals surface area contributed by atoms with Gasteiger partial charge in [0.05, 0.1) is 12.6 Å². The summed E-state index contributed by atoms with van der Waals surface area (Å²) >= 11 is 3.40. The number of carbonyl (C=O) groups is 1. The third kappa shape index (κ3) is 4.43. The summed E-state index contributed by atoms with van der Waals surface area (Å²) in [4.78, 5) is 11.8. The molecule has 1 aromatic heterocycles. The zero-order valence-corrected chi connectivity index (χ0v) is 14.4. The molecule has 3 rings (SSSR count). The van der Waals surface area contributed by atoms with Crippen molar-refractivity contribution in [3.63, 3.8) is 0 Å². The molecule has 0 aliphatic heterocycles. The molecule has 24 heavy (non-hydrogen) atoms. The molecule has 1 amide bonds. The van der Waals surface area contributed by atoms with Gasteiger partial charge in [-0.25, -0.2) is 5.43 Å². The highest BCUT2D eigenvalue weighted by atomic mass is 79.9. The Morgan fingerprint density at radius 2 is 1.79 bits per heavy atom. The number of carbonyl (C=O) groups excluding carboxylic acids is 1. The highest BCUT2D eigenvalue weighted by Crippen LogP contribution is 2.23. The molecule has 2 aromatic carbocycles. The third-order valence-electron chi connectivity index (χ3n) is 3.34. The molecule has 120 valence electrons. The molecule has 4 nitrogen and oxygen atoms in total. The maximum Gasteiger partial charge on any atom is 0.244 e. The Morgan fingerprint density at radius 3 is 2.54 bits per heavy atom. The predicted molar refractivity (Wildman–Crippen MR) is 97.7 cm³/mol. The number of benzene rings is 2. The maximum atomic E-state index is 11.8. The summed E-state index contributed by atoms with van der Waals surface area (Å²) in [6.07, 6.45) is 1.78. The Hall–Kier alpha value is -2.66. The fourth-order valence-corrected chi connectivity index (χ4v) is 2.44. The van der Waals surface area contributed by atoms with E-state index in [1.807, 2.05) is 66.7 Å². The molecule has 1 N–H and O–H groups in total. The van der Waals surface area contributed by atoms with E-state index in [4.69, 9.17) is 4.42 Å². The van der Waals surface area contributed by atoms with Crippen LogP contribution in [0.1, 0.15) is 11.3 Å². The molecular weight excluding hydrogens is 368 g/mol. The Morgan fingerprint density at radius 1 is 1.04 bits per heavy atom. The number of hydrazone groups is 1. The Kier molecular flexibility index (Phi) is 5.23. The van der Waals surface area contributed by atoms with Crippen LogP contribution >= 0.6 is 15.9 Å². The van der Waals surface area contributed by atoms with Gasteiger partial charge in [-0.2, -0.15) is 5.10 Å². The zero-order chi connectivity index (χ0) is 16.8. The second kappa shape index (κ2) is 7.75. The van der Waals surface area contributed by atoms with E-state index in [-0.39, 0.29) is 5.91 Å². The molecule has 5 heteroatoms. The molecule has 0 bridgehead atoms. The van der Waals surface area contributed by atoms with E-state index in [1.165, 1.54) is 6.21 Å². The smallest absolute Gasteiger partial charge is 0.244 e. The first-order valence-corrected chi connectivity index (χ1v) is 8.21. The van der Waals surface area contributed by atoms with Crippen LogP contribution in [-0.2, 0) is 11.2 Å². The van der Waals surface area contributed by atoms with Crippen molar-refractivity contribution in [3.05, 3.63) is 82.5 Å². The van der Waals surface area contributed by atoms with Crippen molar-refractivity contribution >= 4 is 28.1 Å². The number of nitrogens with zero attached hydrogens (tertiary/aromatic N) is 1. The fraction of sp³-hybridized carbons (Fsp3) is 0.0526. The van der Waals surface area contributed by atoms with Crippen LogP contribution in [0.2, 0.25) is 0 Å². The summed E-state index contributed by atoms with van der Waals surface area (Å²) in [6, 6.07) is 21.0. The van der Waals surface area contributed by atoms with E-state index in [0.29, 0.717) is 12.2 Å². The number of nitrogens with one attached hydrogen (secondary N) is 1. The monoisotopic (exact) mass is 382 g/mol. The van der Waals surface area contributed by atoms with Crippen molar-refractivity contribution in [2.75, 3.05) is 0 Å². The third-order valence-corrected chi connectivity index (χ3v) is 3.87. The van der Waals surface area contributed by atoms with Crippen molar-refractivity contribution in [2.24, 2.45) is 5.10 Å². The summed E-state index contributed by atoms with van der Waals surface area (Å²) in [6.45, 7) is 0.